The third-order valence-corrected chi connectivity index (χ3v) is 3.24. The molecule has 0 saturated heterocycles. The second-order valence-electron chi connectivity index (χ2n) is 4.74. The summed E-state index contributed by atoms with van der Waals surface area (Å²) < 4.78 is 26.2. The van der Waals surface area contributed by atoms with E-state index in [1.54, 1.807) is 0 Å². The van der Waals surface area contributed by atoms with Gasteiger partial charge in [0, 0.05) is 6.04 Å². The van der Waals surface area contributed by atoms with Crippen LogP contribution in [0, 0.1) is 11.6 Å². The average molecular weight is 291 g/mol. The number of rotatable bonds is 5. The molecule has 0 amide bonds. The predicted octanol–water partition coefficient (Wildman–Crippen LogP) is 3.44. The molecular formula is C16H15F2NO2. The predicted molar refractivity (Wildman–Crippen MR) is 74.7 cm³/mol. The van der Waals surface area contributed by atoms with Crippen molar-refractivity contribution in [1.82, 2.24) is 5.32 Å². The monoisotopic (exact) mass is 291 g/mol. The molecule has 21 heavy (non-hydrogen) atoms. The minimum absolute atomic E-state index is 0.171. The van der Waals surface area contributed by atoms with Crippen LogP contribution in [0.5, 0.6) is 0 Å². The van der Waals surface area contributed by atoms with Gasteiger partial charge in [-0.05, 0) is 30.2 Å². The van der Waals surface area contributed by atoms with Crippen LogP contribution in [0.1, 0.15) is 30.1 Å². The zero-order valence-corrected chi connectivity index (χ0v) is 11.4. The number of carboxylic acids is 1. The van der Waals surface area contributed by atoms with Gasteiger partial charge in [-0.15, -0.1) is 0 Å². The summed E-state index contributed by atoms with van der Waals surface area (Å²) in [6.45, 7) is 1.81. The van der Waals surface area contributed by atoms with Crippen LogP contribution in [-0.2, 0) is 4.79 Å². The second kappa shape index (κ2) is 6.45. The van der Waals surface area contributed by atoms with Gasteiger partial charge in [-0.3, -0.25) is 10.1 Å². The Balaban J connectivity index is 2.23. The highest BCUT2D eigenvalue weighted by Gasteiger charge is 2.23. The van der Waals surface area contributed by atoms with Crippen LogP contribution < -0.4 is 5.32 Å². The van der Waals surface area contributed by atoms with E-state index in [9.17, 15) is 18.7 Å². The Hall–Kier alpha value is -2.27. The van der Waals surface area contributed by atoms with Crippen molar-refractivity contribution in [3.8, 4) is 0 Å². The Morgan fingerprint density at radius 3 is 2.29 bits per heavy atom. The van der Waals surface area contributed by atoms with Crippen molar-refractivity contribution in [2.75, 3.05) is 0 Å². The molecule has 0 aliphatic heterocycles. The van der Waals surface area contributed by atoms with Crippen molar-refractivity contribution in [1.29, 1.82) is 0 Å². The molecule has 3 nitrogen and oxygen atoms in total. The average Bonchev–Trinajstić information content (AvgIpc) is 2.48. The molecule has 0 aliphatic rings. The highest BCUT2D eigenvalue weighted by Crippen LogP contribution is 2.21. The first-order chi connectivity index (χ1) is 9.99. The van der Waals surface area contributed by atoms with Gasteiger partial charge in [0.05, 0.1) is 0 Å². The van der Waals surface area contributed by atoms with E-state index in [1.807, 2.05) is 37.3 Å². The number of halogens is 2. The zero-order valence-electron chi connectivity index (χ0n) is 11.4. The van der Waals surface area contributed by atoms with E-state index < -0.39 is 23.6 Å². The molecule has 2 unspecified atom stereocenters. The smallest absolute Gasteiger partial charge is 0.325 e. The number of aliphatic carboxylic acids is 1. The van der Waals surface area contributed by atoms with Crippen LogP contribution in [0.4, 0.5) is 8.78 Å². The number of benzene rings is 2. The fourth-order valence-corrected chi connectivity index (χ4v) is 2.09. The van der Waals surface area contributed by atoms with E-state index >= 15 is 0 Å². The van der Waals surface area contributed by atoms with Gasteiger partial charge in [-0.2, -0.15) is 0 Å². The number of hydrogen-bond acceptors (Lipinski definition) is 2. The van der Waals surface area contributed by atoms with Crippen molar-refractivity contribution >= 4 is 5.97 Å². The highest BCUT2D eigenvalue weighted by molar-refractivity contribution is 5.75. The molecule has 2 aromatic carbocycles. The molecule has 2 rings (SSSR count). The SMILES string of the molecule is CC(NC(C(=O)O)c1ccc(F)c(F)c1)c1ccccc1. The number of carboxylic acid groups (broad SMARTS) is 1. The van der Waals surface area contributed by atoms with Crippen LogP contribution in [-0.4, -0.2) is 11.1 Å². The summed E-state index contributed by atoms with van der Waals surface area (Å²) >= 11 is 0. The largest absolute Gasteiger partial charge is 0.480 e. The fourth-order valence-electron chi connectivity index (χ4n) is 2.09. The maximum Gasteiger partial charge on any atom is 0.325 e. The molecule has 2 N–H and O–H groups in total. The normalized spacial score (nSPS) is 13.7. The Bertz CT molecular complexity index is 631. The van der Waals surface area contributed by atoms with Crippen molar-refractivity contribution in [2.24, 2.45) is 0 Å². The third kappa shape index (κ3) is 3.64. The van der Waals surface area contributed by atoms with E-state index in [4.69, 9.17) is 0 Å². The first-order valence-electron chi connectivity index (χ1n) is 6.48. The van der Waals surface area contributed by atoms with Crippen LogP contribution in [0.25, 0.3) is 0 Å². The first kappa shape index (κ1) is 15.1. The first-order valence-corrected chi connectivity index (χ1v) is 6.48. The molecule has 0 aliphatic carbocycles. The van der Waals surface area contributed by atoms with Gasteiger partial charge < -0.3 is 5.11 Å². The lowest BCUT2D eigenvalue weighted by Gasteiger charge is -2.21. The second-order valence-corrected chi connectivity index (χ2v) is 4.74. The summed E-state index contributed by atoms with van der Waals surface area (Å²) in [7, 11) is 0. The minimum Gasteiger partial charge on any atom is -0.480 e. The summed E-state index contributed by atoms with van der Waals surface area (Å²) in [5.41, 5.74) is 1.08. The van der Waals surface area contributed by atoms with Gasteiger partial charge in [0.15, 0.2) is 11.6 Å². The molecule has 5 heteroatoms. The molecule has 110 valence electrons. The van der Waals surface area contributed by atoms with E-state index in [-0.39, 0.29) is 11.6 Å². The van der Waals surface area contributed by atoms with Crippen molar-refractivity contribution in [3.05, 3.63) is 71.3 Å². The van der Waals surface area contributed by atoms with Crippen molar-refractivity contribution in [3.63, 3.8) is 0 Å². The lowest BCUT2D eigenvalue weighted by Crippen LogP contribution is -2.30. The Labute approximate surface area is 121 Å². The van der Waals surface area contributed by atoms with Gasteiger partial charge in [-0.25, -0.2) is 8.78 Å². The fraction of sp³-hybridized carbons (Fsp3) is 0.188. The standard InChI is InChI=1S/C16H15F2NO2/c1-10(11-5-3-2-4-6-11)19-15(16(20)21)12-7-8-13(17)14(18)9-12/h2-10,15,19H,1H3,(H,20,21). The minimum atomic E-state index is -1.15. The quantitative estimate of drug-likeness (QED) is 0.887. The zero-order chi connectivity index (χ0) is 15.4. The molecule has 0 spiro atoms. The Morgan fingerprint density at radius 1 is 1.05 bits per heavy atom. The molecule has 2 aromatic rings. The van der Waals surface area contributed by atoms with Crippen molar-refractivity contribution < 1.29 is 18.7 Å². The van der Waals surface area contributed by atoms with Gasteiger partial charge >= 0.3 is 5.97 Å². The Kier molecular flexibility index (Phi) is 4.65. The topological polar surface area (TPSA) is 49.3 Å². The maximum atomic E-state index is 13.3. The highest BCUT2D eigenvalue weighted by atomic mass is 19.2. The number of carbonyl (C=O) groups is 1. The lowest BCUT2D eigenvalue weighted by atomic mass is 10.0. The van der Waals surface area contributed by atoms with E-state index in [0.29, 0.717) is 0 Å². The molecule has 0 bridgehead atoms. The van der Waals surface area contributed by atoms with Crippen LogP contribution in [0.2, 0.25) is 0 Å². The van der Waals surface area contributed by atoms with E-state index in [1.165, 1.54) is 6.07 Å². The van der Waals surface area contributed by atoms with Gasteiger partial charge in [0.25, 0.3) is 0 Å². The van der Waals surface area contributed by atoms with Gasteiger partial charge in [0.2, 0.25) is 0 Å². The Morgan fingerprint density at radius 2 is 1.71 bits per heavy atom. The van der Waals surface area contributed by atoms with E-state index in [0.717, 1.165) is 17.7 Å². The van der Waals surface area contributed by atoms with Gasteiger partial charge in [0.1, 0.15) is 6.04 Å². The molecule has 0 heterocycles. The maximum absolute atomic E-state index is 13.3. The van der Waals surface area contributed by atoms with Crippen LogP contribution >= 0.6 is 0 Å². The third-order valence-electron chi connectivity index (χ3n) is 3.24. The van der Waals surface area contributed by atoms with Crippen LogP contribution in [0.15, 0.2) is 48.5 Å². The van der Waals surface area contributed by atoms with Crippen LogP contribution in [0.3, 0.4) is 0 Å². The lowest BCUT2D eigenvalue weighted by molar-refractivity contribution is -0.139. The van der Waals surface area contributed by atoms with E-state index in [2.05, 4.69) is 5.32 Å². The summed E-state index contributed by atoms with van der Waals surface area (Å²) in [5, 5.41) is 12.2. The molecule has 2 atom stereocenters. The molecular weight excluding hydrogens is 276 g/mol. The molecule has 0 aromatic heterocycles. The van der Waals surface area contributed by atoms with Crippen molar-refractivity contribution in [2.45, 2.75) is 19.0 Å². The van der Waals surface area contributed by atoms with Gasteiger partial charge in [-0.1, -0.05) is 36.4 Å². The summed E-state index contributed by atoms with van der Waals surface area (Å²) in [6.07, 6.45) is 0. The summed E-state index contributed by atoms with van der Waals surface area (Å²) in [6, 6.07) is 11.0. The molecule has 0 saturated carbocycles. The molecule has 0 fully saturated rings. The number of nitrogens with one attached hydrogen (secondary N) is 1. The number of hydrogen-bond donors (Lipinski definition) is 2. The molecule has 0 radical (unpaired) electrons. The summed E-state index contributed by atoms with van der Waals surface area (Å²) in [4.78, 5) is 11.4. The summed E-state index contributed by atoms with van der Waals surface area (Å²) in [5.74, 6) is -3.21.